The maximum atomic E-state index is 13.6. The first-order valence-corrected chi connectivity index (χ1v) is 13.2. The molecular formula is C29H38N4O5. The zero-order chi connectivity index (χ0) is 27.3. The molecule has 1 aromatic heterocycles. The Bertz CT molecular complexity index is 1060. The van der Waals surface area contributed by atoms with Gasteiger partial charge in [0.1, 0.15) is 0 Å². The van der Waals surface area contributed by atoms with E-state index < -0.39 is 35.8 Å². The molecule has 2 heterocycles. The van der Waals surface area contributed by atoms with Gasteiger partial charge in [0.2, 0.25) is 17.7 Å². The highest BCUT2D eigenvalue weighted by Crippen LogP contribution is 2.26. The van der Waals surface area contributed by atoms with Gasteiger partial charge in [-0.05, 0) is 49.3 Å². The minimum absolute atomic E-state index is 0.113. The first-order chi connectivity index (χ1) is 18.3. The number of nitrogens with zero attached hydrogens (tertiary/aromatic N) is 2. The molecule has 0 spiro atoms. The van der Waals surface area contributed by atoms with Crippen LogP contribution >= 0.6 is 0 Å². The monoisotopic (exact) mass is 522 g/mol. The van der Waals surface area contributed by atoms with E-state index in [0.29, 0.717) is 31.7 Å². The SMILES string of the molecule is CC(=O)N(NC(=O)C(CC(C)C)[C@@H](CC=Cc1ccccc1)C(=O)NO[C@H]1CCCCO1)c1ccccn1. The summed E-state index contributed by atoms with van der Waals surface area (Å²) in [6, 6.07) is 14.8. The molecule has 1 unspecified atom stereocenters. The molecule has 3 rings (SSSR count). The molecule has 2 aromatic rings. The average molecular weight is 523 g/mol. The highest BCUT2D eigenvalue weighted by molar-refractivity contribution is 5.95. The summed E-state index contributed by atoms with van der Waals surface area (Å²) in [5, 5.41) is 1.11. The number of ether oxygens (including phenoxy) is 1. The molecule has 2 N–H and O–H groups in total. The van der Waals surface area contributed by atoms with Crippen LogP contribution < -0.4 is 15.9 Å². The molecule has 1 aromatic carbocycles. The second kappa shape index (κ2) is 15.0. The predicted molar refractivity (Wildman–Crippen MR) is 145 cm³/mol. The van der Waals surface area contributed by atoms with Crippen molar-refractivity contribution in [2.45, 2.75) is 59.2 Å². The Balaban J connectivity index is 1.82. The molecule has 1 fully saturated rings. The van der Waals surface area contributed by atoms with Crippen molar-refractivity contribution >= 4 is 29.6 Å². The fraction of sp³-hybridized carbons (Fsp3) is 0.448. The Morgan fingerprint density at radius 1 is 1.08 bits per heavy atom. The number of hydrazine groups is 1. The van der Waals surface area contributed by atoms with Gasteiger partial charge < -0.3 is 4.74 Å². The van der Waals surface area contributed by atoms with Gasteiger partial charge in [0.05, 0.1) is 11.8 Å². The molecule has 204 valence electrons. The summed E-state index contributed by atoms with van der Waals surface area (Å²) in [5.41, 5.74) is 6.23. The number of hydrogen-bond acceptors (Lipinski definition) is 6. The van der Waals surface area contributed by atoms with Crippen LogP contribution in [-0.2, 0) is 24.0 Å². The lowest BCUT2D eigenvalue weighted by Crippen LogP contribution is -2.51. The number of hydrogen-bond donors (Lipinski definition) is 2. The fourth-order valence-corrected chi connectivity index (χ4v) is 4.31. The van der Waals surface area contributed by atoms with E-state index in [4.69, 9.17) is 9.57 Å². The standard InChI is InChI=1S/C29H38N4O5/c1-21(2)20-25(28(35)31-33(22(3)34)26-16-7-9-18-30-26)24(15-11-14-23-12-5-4-6-13-23)29(36)32-38-27-17-8-10-19-37-27/h4-7,9,11-14,16,18,21,24-25,27H,8,10,15,17,19-20H2,1-3H3,(H,31,35)(H,32,36)/t24-,25?,27+/m1/s1. The van der Waals surface area contributed by atoms with Crippen LogP contribution in [-0.4, -0.2) is 35.6 Å². The van der Waals surface area contributed by atoms with Gasteiger partial charge in [-0.15, -0.1) is 0 Å². The average Bonchev–Trinajstić information content (AvgIpc) is 2.93. The second-order valence-electron chi connectivity index (χ2n) is 9.79. The van der Waals surface area contributed by atoms with E-state index in [1.807, 2.05) is 56.3 Å². The number of carbonyl (C=O) groups is 3. The zero-order valence-corrected chi connectivity index (χ0v) is 22.3. The van der Waals surface area contributed by atoms with Crippen molar-refractivity contribution in [2.75, 3.05) is 11.6 Å². The van der Waals surface area contributed by atoms with Crippen LogP contribution in [0.25, 0.3) is 6.08 Å². The van der Waals surface area contributed by atoms with Crippen molar-refractivity contribution in [3.63, 3.8) is 0 Å². The number of amides is 3. The summed E-state index contributed by atoms with van der Waals surface area (Å²) < 4.78 is 5.57. The number of allylic oxidation sites excluding steroid dienone is 1. The number of hydroxylamine groups is 1. The number of pyridine rings is 1. The lowest BCUT2D eigenvalue weighted by molar-refractivity contribution is -0.203. The molecule has 9 heteroatoms. The summed E-state index contributed by atoms with van der Waals surface area (Å²) in [6.07, 6.45) is 8.16. The van der Waals surface area contributed by atoms with Crippen LogP contribution in [0.3, 0.4) is 0 Å². The molecule has 38 heavy (non-hydrogen) atoms. The molecule has 0 aliphatic carbocycles. The number of carbonyl (C=O) groups excluding carboxylic acids is 3. The summed E-state index contributed by atoms with van der Waals surface area (Å²) in [4.78, 5) is 49.2. The molecule has 0 bridgehead atoms. The molecule has 1 aliphatic heterocycles. The highest BCUT2D eigenvalue weighted by atomic mass is 16.8. The predicted octanol–water partition coefficient (Wildman–Crippen LogP) is 4.42. The Labute approximate surface area is 224 Å². The van der Waals surface area contributed by atoms with Gasteiger partial charge in [0.15, 0.2) is 12.1 Å². The highest BCUT2D eigenvalue weighted by Gasteiger charge is 2.35. The Kier molecular flexibility index (Phi) is 11.4. The second-order valence-corrected chi connectivity index (χ2v) is 9.79. The van der Waals surface area contributed by atoms with E-state index in [9.17, 15) is 14.4 Å². The van der Waals surface area contributed by atoms with E-state index in [-0.39, 0.29) is 5.92 Å². The first kappa shape index (κ1) is 29.0. The normalized spacial score (nSPS) is 17.1. The third kappa shape index (κ3) is 9.08. The van der Waals surface area contributed by atoms with Gasteiger partial charge in [-0.3, -0.25) is 19.8 Å². The maximum absolute atomic E-state index is 13.6. The molecule has 0 saturated carbocycles. The van der Waals surface area contributed by atoms with Crippen molar-refractivity contribution in [3.05, 3.63) is 66.4 Å². The lowest BCUT2D eigenvalue weighted by Gasteiger charge is -2.30. The van der Waals surface area contributed by atoms with Crippen LogP contribution in [0, 0.1) is 17.8 Å². The van der Waals surface area contributed by atoms with Gasteiger partial charge in [-0.1, -0.05) is 62.4 Å². The zero-order valence-electron chi connectivity index (χ0n) is 22.3. The Morgan fingerprint density at radius 2 is 1.84 bits per heavy atom. The van der Waals surface area contributed by atoms with Crippen molar-refractivity contribution in [1.29, 1.82) is 0 Å². The number of aromatic nitrogens is 1. The smallest absolute Gasteiger partial charge is 0.247 e. The minimum Gasteiger partial charge on any atom is -0.350 e. The van der Waals surface area contributed by atoms with Gasteiger partial charge in [-0.2, -0.15) is 0 Å². The van der Waals surface area contributed by atoms with Gasteiger partial charge in [0, 0.05) is 26.1 Å². The molecule has 3 atom stereocenters. The number of nitrogens with one attached hydrogen (secondary N) is 2. The quantitative estimate of drug-likeness (QED) is 0.423. The van der Waals surface area contributed by atoms with Gasteiger partial charge >= 0.3 is 0 Å². The molecule has 0 radical (unpaired) electrons. The number of anilines is 1. The van der Waals surface area contributed by atoms with Crippen molar-refractivity contribution in [2.24, 2.45) is 17.8 Å². The summed E-state index contributed by atoms with van der Waals surface area (Å²) in [6.45, 7) is 5.90. The minimum atomic E-state index is -0.751. The van der Waals surface area contributed by atoms with Crippen molar-refractivity contribution in [1.82, 2.24) is 15.9 Å². The van der Waals surface area contributed by atoms with Crippen molar-refractivity contribution < 1.29 is 24.0 Å². The van der Waals surface area contributed by atoms with Crippen LogP contribution in [0.5, 0.6) is 0 Å². The Morgan fingerprint density at radius 3 is 2.47 bits per heavy atom. The summed E-state index contributed by atoms with van der Waals surface area (Å²) in [5.74, 6) is -2.34. The third-order valence-corrected chi connectivity index (χ3v) is 6.23. The summed E-state index contributed by atoms with van der Waals surface area (Å²) >= 11 is 0. The largest absolute Gasteiger partial charge is 0.350 e. The van der Waals surface area contributed by atoms with E-state index in [0.717, 1.165) is 23.4 Å². The van der Waals surface area contributed by atoms with E-state index >= 15 is 0 Å². The van der Waals surface area contributed by atoms with Crippen LogP contribution in [0.4, 0.5) is 5.82 Å². The molecule has 9 nitrogen and oxygen atoms in total. The van der Waals surface area contributed by atoms with Crippen LogP contribution in [0.15, 0.2) is 60.8 Å². The topological polar surface area (TPSA) is 110 Å². The van der Waals surface area contributed by atoms with E-state index in [1.54, 1.807) is 24.4 Å². The van der Waals surface area contributed by atoms with Crippen LogP contribution in [0.2, 0.25) is 0 Å². The maximum Gasteiger partial charge on any atom is 0.247 e. The molecule has 1 saturated heterocycles. The van der Waals surface area contributed by atoms with E-state index in [1.165, 1.54) is 6.92 Å². The number of rotatable bonds is 11. The molecular weight excluding hydrogens is 484 g/mol. The molecule has 3 amide bonds. The Hall–Kier alpha value is -3.56. The van der Waals surface area contributed by atoms with Crippen molar-refractivity contribution in [3.8, 4) is 0 Å². The van der Waals surface area contributed by atoms with Gasteiger partial charge in [-0.25, -0.2) is 20.3 Å². The summed E-state index contributed by atoms with van der Waals surface area (Å²) in [7, 11) is 0. The van der Waals surface area contributed by atoms with E-state index in [2.05, 4.69) is 15.9 Å². The third-order valence-electron chi connectivity index (χ3n) is 6.23. The van der Waals surface area contributed by atoms with Crippen LogP contribution in [0.1, 0.15) is 58.4 Å². The lowest BCUT2D eigenvalue weighted by atomic mass is 9.82. The first-order valence-electron chi connectivity index (χ1n) is 13.2. The number of benzene rings is 1. The van der Waals surface area contributed by atoms with Gasteiger partial charge in [0.25, 0.3) is 0 Å². The molecule has 1 aliphatic rings. The fourth-order valence-electron chi connectivity index (χ4n) is 4.31.